The molecule has 0 saturated heterocycles. The van der Waals surface area contributed by atoms with E-state index in [2.05, 4.69) is 24.1 Å². The zero-order chi connectivity index (χ0) is 16.7. The molecule has 2 aromatic rings. The fourth-order valence-corrected chi connectivity index (χ4v) is 2.23. The highest BCUT2D eigenvalue weighted by molar-refractivity contribution is 14.0. The summed E-state index contributed by atoms with van der Waals surface area (Å²) in [5, 5.41) is 3.49. The van der Waals surface area contributed by atoms with E-state index in [4.69, 9.17) is 13.8 Å². The second-order valence-corrected chi connectivity index (χ2v) is 5.85. The Balaban J connectivity index is 0.00000288. The fraction of sp³-hybridized carbons (Fsp3) is 0.500. The number of nitrogens with zero attached hydrogens (tertiary/aromatic N) is 2. The maximum absolute atomic E-state index is 5.38. The quantitative estimate of drug-likeness (QED) is 0.394. The van der Waals surface area contributed by atoms with Crippen LogP contribution in [0.15, 0.2) is 44.6 Å². The third-order valence-electron chi connectivity index (χ3n) is 3.92. The van der Waals surface area contributed by atoms with Gasteiger partial charge in [-0.2, -0.15) is 0 Å². The standard InChI is InChI=1S/C18H27N3O2.HI/c1-5-14(2)20-18(19-10-8-17-7-6-11-23-17)21(4)13-16-9-12-22-15(16)3;/h6-7,9,11-12,14H,5,8,10,13H2,1-4H3,(H,19,20);1H. The van der Waals surface area contributed by atoms with Gasteiger partial charge in [0.2, 0.25) is 0 Å². The van der Waals surface area contributed by atoms with Crippen LogP contribution in [0, 0.1) is 6.92 Å². The molecule has 0 aromatic carbocycles. The smallest absolute Gasteiger partial charge is 0.194 e. The lowest BCUT2D eigenvalue weighted by molar-refractivity contribution is 0.449. The highest BCUT2D eigenvalue weighted by Crippen LogP contribution is 2.11. The molecule has 134 valence electrons. The van der Waals surface area contributed by atoms with Crippen LogP contribution in [0.4, 0.5) is 0 Å². The topological polar surface area (TPSA) is 53.9 Å². The van der Waals surface area contributed by atoms with Crippen LogP contribution in [-0.4, -0.2) is 30.5 Å². The van der Waals surface area contributed by atoms with Crippen LogP contribution in [0.1, 0.15) is 37.4 Å². The zero-order valence-corrected chi connectivity index (χ0v) is 17.2. The van der Waals surface area contributed by atoms with Gasteiger partial charge in [-0.05, 0) is 38.5 Å². The molecule has 6 heteroatoms. The van der Waals surface area contributed by atoms with Crippen LogP contribution >= 0.6 is 24.0 Å². The van der Waals surface area contributed by atoms with E-state index in [9.17, 15) is 0 Å². The van der Waals surface area contributed by atoms with Crippen molar-refractivity contribution in [3.05, 3.63) is 47.8 Å². The minimum atomic E-state index is 0. The number of aliphatic imine (C=N–C) groups is 1. The number of rotatable bonds is 7. The molecule has 24 heavy (non-hydrogen) atoms. The van der Waals surface area contributed by atoms with Crippen molar-refractivity contribution in [2.24, 2.45) is 4.99 Å². The summed E-state index contributed by atoms with van der Waals surface area (Å²) in [7, 11) is 2.05. The molecule has 0 fully saturated rings. The number of halogens is 1. The molecule has 2 heterocycles. The van der Waals surface area contributed by atoms with Gasteiger partial charge in [0.1, 0.15) is 11.5 Å². The summed E-state index contributed by atoms with van der Waals surface area (Å²) in [6, 6.07) is 6.28. The normalized spacial score (nSPS) is 12.6. The van der Waals surface area contributed by atoms with Crippen molar-refractivity contribution in [1.29, 1.82) is 0 Å². The molecule has 0 saturated carbocycles. The zero-order valence-electron chi connectivity index (χ0n) is 14.9. The Morgan fingerprint density at radius 2 is 2.08 bits per heavy atom. The molecule has 2 aromatic heterocycles. The minimum Gasteiger partial charge on any atom is -0.469 e. The van der Waals surface area contributed by atoms with E-state index in [1.165, 1.54) is 5.56 Å². The SMILES string of the molecule is CCC(C)NC(=NCCc1ccco1)N(C)Cc1ccoc1C.I. The van der Waals surface area contributed by atoms with E-state index >= 15 is 0 Å². The molecule has 1 unspecified atom stereocenters. The summed E-state index contributed by atoms with van der Waals surface area (Å²) < 4.78 is 10.7. The molecule has 1 atom stereocenters. The molecule has 0 amide bonds. The summed E-state index contributed by atoms with van der Waals surface area (Å²) >= 11 is 0. The van der Waals surface area contributed by atoms with E-state index in [-0.39, 0.29) is 24.0 Å². The summed E-state index contributed by atoms with van der Waals surface area (Å²) in [6.07, 6.45) is 5.28. The lowest BCUT2D eigenvalue weighted by Gasteiger charge is -2.25. The Morgan fingerprint density at radius 1 is 1.29 bits per heavy atom. The lowest BCUT2D eigenvalue weighted by atomic mass is 10.2. The van der Waals surface area contributed by atoms with Crippen molar-refractivity contribution in [1.82, 2.24) is 10.2 Å². The molecule has 2 rings (SSSR count). The Hall–Kier alpha value is -1.44. The first kappa shape index (κ1) is 20.6. The molecule has 0 bridgehead atoms. The number of aryl methyl sites for hydroxylation is 1. The summed E-state index contributed by atoms with van der Waals surface area (Å²) in [6.45, 7) is 7.78. The molecule has 1 N–H and O–H groups in total. The summed E-state index contributed by atoms with van der Waals surface area (Å²) in [5.41, 5.74) is 1.18. The van der Waals surface area contributed by atoms with Crippen molar-refractivity contribution >= 4 is 29.9 Å². The van der Waals surface area contributed by atoms with E-state index in [0.29, 0.717) is 12.6 Å². The lowest BCUT2D eigenvalue weighted by Crippen LogP contribution is -2.43. The highest BCUT2D eigenvalue weighted by Gasteiger charge is 2.12. The van der Waals surface area contributed by atoms with E-state index < -0.39 is 0 Å². The molecule has 0 aliphatic carbocycles. The van der Waals surface area contributed by atoms with E-state index in [1.54, 1.807) is 12.5 Å². The number of furan rings is 2. The fourth-order valence-electron chi connectivity index (χ4n) is 2.23. The van der Waals surface area contributed by atoms with Crippen molar-refractivity contribution in [3.8, 4) is 0 Å². The van der Waals surface area contributed by atoms with Crippen LogP contribution in [0.2, 0.25) is 0 Å². The maximum Gasteiger partial charge on any atom is 0.194 e. The second-order valence-electron chi connectivity index (χ2n) is 5.85. The van der Waals surface area contributed by atoms with Crippen molar-refractivity contribution < 1.29 is 8.83 Å². The number of guanidine groups is 1. The molecular weight excluding hydrogens is 417 g/mol. The summed E-state index contributed by atoms with van der Waals surface area (Å²) in [5.74, 6) is 2.83. The van der Waals surface area contributed by atoms with Crippen molar-refractivity contribution in [3.63, 3.8) is 0 Å². The molecular formula is C18H28IN3O2. The van der Waals surface area contributed by atoms with Gasteiger partial charge in [0, 0.05) is 38.2 Å². The van der Waals surface area contributed by atoms with E-state index in [0.717, 1.165) is 36.9 Å². The van der Waals surface area contributed by atoms with Crippen molar-refractivity contribution in [2.75, 3.05) is 13.6 Å². The predicted octanol–water partition coefficient (Wildman–Crippen LogP) is 4.22. The molecule has 0 aliphatic heterocycles. The largest absolute Gasteiger partial charge is 0.469 e. The van der Waals surface area contributed by atoms with Gasteiger partial charge in [-0.3, -0.25) is 4.99 Å². The van der Waals surface area contributed by atoms with Crippen LogP contribution in [0.5, 0.6) is 0 Å². The van der Waals surface area contributed by atoms with Crippen LogP contribution in [0.25, 0.3) is 0 Å². The maximum atomic E-state index is 5.38. The first-order chi connectivity index (χ1) is 11.1. The monoisotopic (exact) mass is 445 g/mol. The van der Waals surface area contributed by atoms with Crippen LogP contribution in [0.3, 0.4) is 0 Å². The highest BCUT2D eigenvalue weighted by atomic mass is 127. The number of nitrogens with one attached hydrogen (secondary N) is 1. The van der Waals surface area contributed by atoms with Gasteiger partial charge < -0.3 is 19.1 Å². The molecule has 0 spiro atoms. The number of hydrogen-bond donors (Lipinski definition) is 1. The second kappa shape index (κ2) is 10.4. The van der Waals surface area contributed by atoms with E-state index in [1.807, 2.05) is 32.2 Å². The molecule has 0 aliphatic rings. The van der Waals surface area contributed by atoms with Gasteiger partial charge in [-0.25, -0.2) is 0 Å². The Morgan fingerprint density at radius 3 is 2.67 bits per heavy atom. The van der Waals surface area contributed by atoms with Crippen molar-refractivity contribution in [2.45, 2.75) is 46.2 Å². The third kappa shape index (κ3) is 6.22. The Bertz CT molecular complexity index is 608. The first-order valence-electron chi connectivity index (χ1n) is 8.17. The van der Waals surface area contributed by atoms with Gasteiger partial charge in [-0.1, -0.05) is 6.92 Å². The third-order valence-corrected chi connectivity index (χ3v) is 3.92. The minimum absolute atomic E-state index is 0. The van der Waals surface area contributed by atoms with Gasteiger partial charge in [0.05, 0.1) is 12.5 Å². The van der Waals surface area contributed by atoms with Gasteiger partial charge in [0.15, 0.2) is 5.96 Å². The average molecular weight is 445 g/mol. The molecule has 5 nitrogen and oxygen atoms in total. The average Bonchev–Trinajstić information content (AvgIpc) is 3.18. The van der Waals surface area contributed by atoms with Gasteiger partial charge in [-0.15, -0.1) is 24.0 Å². The van der Waals surface area contributed by atoms with Crippen LogP contribution < -0.4 is 5.32 Å². The summed E-state index contributed by atoms with van der Waals surface area (Å²) in [4.78, 5) is 6.87. The van der Waals surface area contributed by atoms with Crippen LogP contribution in [-0.2, 0) is 13.0 Å². The number of hydrogen-bond acceptors (Lipinski definition) is 3. The van der Waals surface area contributed by atoms with Gasteiger partial charge in [0.25, 0.3) is 0 Å². The van der Waals surface area contributed by atoms with Gasteiger partial charge >= 0.3 is 0 Å². The first-order valence-corrected chi connectivity index (χ1v) is 8.17. The predicted molar refractivity (Wildman–Crippen MR) is 108 cm³/mol. The molecule has 0 radical (unpaired) electrons. The Kier molecular flexibility index (Phi) is 8.95. The Labute approximate surface area is 161 Å².